The molecule has 4 heteroatoms. The first-order valence-electron chi connectivity index (χ1n) is 7.56. The normalized spacial score (nSPS) is 12.5. The smallest absolute Gasteiger partial charge is 0.119 e. The van der Waals surface area contributed by atoms with Crippen LogP contribution in [0.5, 0.6) is 5.75 Å². The number of nitrogens with zero attached hydrogens (tertiary/aromatic N) is 2. The third kappa shape index (κ3) is 3.28. The highest BCUT2D eigenvalue weighted by Gasteiger charge is 2.09. The molecule has 3 rings (SSSR count). The number of rotatable bonds is 6. The van der Waals surface area contributed by atoms with Gasteiger partial charge in [-0.1, -0.05) is 31.2 Å². The zero-order valence-electron chi connectivity index (χ0n) is 12.6. The molecule has 0 aliphatic heterocycles. The molecule has 22 heavy (non-hydrogen) atoms. The fraction of sp³-hybridized carbons (Fsp3) is 0.278. The van der Waals surface area contributed by atoms with Gasteiger partial charge in [-0.2, -0.15) is 0 Å². The second kappa shape index (κ2) is 6.62. The van der Waals surface area contributed by atoms with Gasteiger partial charge in [0.25, 0.3) is 0 Å². The Bertz CT molecular complexity index is 734. The molecule has 0 aliphatic rings. The van der Waals surface area contributed by atoms with Crippen LogP contribution >= 0.6 is 0 Å². The van der Waals surface area contributed by atoms with Gasteiger partial charge in [0.05, 0.1) is 23.9 Å². The summed E-state index contributed by atoms with van der Waals surface area (Å²) in [7, 11) is 0. The van der Waals surface area contributed by atoms with E-state index in [-0.39, 0.29) is 6.61 Å². The van der Waals surface area contributed by atoms with E-state index in [9.17, 15) is 5.11 Å². The van der Waals surface area contributed by atoms with Crippen molar-refractivity contribution in [1.82, 2.24) is 9.55 Å². The first-order chi connectivity index (χ1) is 10.8. The maximum atomic E-state index is 10.2. The Morgan fingerprint density at radius 2 is 1.91 bits per heavy atom. The van der Waals surface area contributed by atoms with E-state index < -0.39 is 6.10 Å². The van der Waals surface area contributed by atoms with Crippen LogP contribution in [0.25, 0.3) is 11.0 Å². The zero-order chi connectivity index (χ0) is 15.4. The van der Waals surface area contributed by atoms with Gasteiger partial charge in [-0.15, -0.1) is 0 Å². The number of fused-ring (bicyclic) bond motifs is 1. The maximum Gasteiger partial charge on any atom is 0.119 e. The highest BCUT2D eigenvalue weighted by molar-refractivity contribution is 5.74. The van der Waals surface area contributed by atoms with Crippen LogP contribution in [0.15, 0.2) is 54.9 Å². The standard InChI is InChI=1S/C18H20N2O2/c1-2-14-7-9-16(10-8-14)22-12-15(21)11-20-13-19-17-5-3-4-6-18(17)20/h3-10,13,15,21H,2,11-12H2,1H3/t15-/m0/s1. The Kier molecular flexibility index (Phi) is 4.39. The molecule has 0 radical (unpaired) electrons. The number of aryl methyl sites for hydroxylation is 1. The second-order valence-corrected chi connectivity index (χ2v) is 5.35. The first-order valence-corrected chi connectivity index (χ1v) is 7.56. The van der Waals surface area contributed by atoms with Crippen molar-refractivity contribution in [2.45, 2.75) is 26.0 Å². The van der Waals surface area contributed by atoms with Gasteiger partial charge in [-0.05, 0) is 36.2 Å². The van der Waals surface area contributed by atoms with Gasteiger partial charge < -0.3 is 14.4 Å². The molecular formula is C18H20N2O2. The Hall–Kier alpha value is -2.33. The molecule has 0 fully saturated rings. The summed E-state index contributed by atoms with van der Waals surface area (Å²) in [4.78, 5) is 4.32. The minimum Gasteiger partial charge on any atom is -0.491 e. The van der Waals surface area contributed by atoms with Gasteiger partial charge in [-0.3, -0.25) is 0 Å². The van der Waals surface area contributed by atoms with E-state index >= 15 is 0 Å². The van der Waals surface area contributed by atoms with Crippen LogP contribution in [-0.2, 0) is 13.0 Å². The lowest BCUT2D eigenvalue weighted by Gasteiger charge is -2.13. The zero-order valence-corrected chi connectivity index (χ0v) is 12.6. The van der Waals surface area contributed by atoms with Gasteiger partial charge in [0, 0.05) is 0 Å². The number of hydrogen-bond donors (Lipinski definition) is 1. The Balaban J connectivity index is 1.59. The molecule has 1 atom stereocenters. The van der Waals surface area contributed by atoms with Crippen LogP contribution in [0.2, 0.25) is 0 Å². The number of benzene rings is 2. The van der Waals surface area contributed by atoms with Crippen molar-refractivity contribution in [2.24, 2.45) is 0 Å². The number of hydrogen-bond acceptors (Lipinski definition) is 3. The molecule has 3 aromatic rings. The highest BCUT2D eigenvalue weighted by atomic mass is 16.5. The summed E-state index contributed by atoms with van der Waals surface area (Å²) in [5.74, 6) is 0.784. The minimum atomic E-state index is -0.580. The lowest BCUT2D eigenvalue weighted by molar-refractivity contribution is 0.0934. The van der Waals surface area contributed by atoms with Crippen LogP contribution in [-0.4, -0.2) is 27.4 Å². The first kappa shape index (κ1) is 14.6. The van der Waals surface area contributed by atoms with Crippen LogP contribution in [0.3, 0.4) is 0 Å². The second-order valence-electron chi connectivity index (χ2n) is 5.35. The number of aliphatic hydroxyl groups excluding tert-OH is 1. The monoisotopic (exact) mass is 296 g/mol. The van der Waals surface area contributed by atoms with Crippen molar-refractivity contribution in [3.63, 3.8) is 0 Å². The van der Waals surface area contributed by atoms with E-state index in [4.69, 9.17) is 4.74 Å². The summed E-state index contributed by atoms with van der Waals surface area (Å²) in [5.41, 5.74) is 3.23. The average Bonchev–Trinajstić information content (AvgIpc) is 2.97. The molecule has 4 nitrogen and oxygen atoms in total. The SMILES string of the molecule is CCc1ccc(OC[C@@H](O)Cn2cnc3ccccc32)cc1. The molecule has 1 aromatic heterocycles. The van der Waals surface area contributed by atoms with Crippen LogP contribution in [0.1, 0.15) is 12.5 Å². The van der Waals surface area contributed by atoms with Gasteiger partial charge in [0.1, 0.15) is 18.5 Å². The van der Waals surface area contributed by atoms with Gasteiger partial charge in [-0.25, -0.2) is 4.98 Å². The van der Waals surface area contributed by atoms with E-state index in [1.54, 1.807) is 6.33 Å². The molecule has 0 bridgehead atoms. The van der Waals surface area contributed by atoms with Crippen LogP contribution in [0.4, 0.5) is 0 Å². The number of aliphatic hydroxyl groups is 1. The average molecular weight is 296 g/mol. The fourth-order valence-electron chi connectivity index (χ4n) is 2.45. The summed E-state index contributed by atoms with van der Waals surface area (Å²) in [6.45, 7) is 2.85. The van der Waals surface area contributed by atoms with E-state index in [1.165, 1.54) is 5.56 Å². The molecule has 0 spiro atoms. The lowest BCUT2D eigenvalue weighted by Crippen LogP contribution is -2.23. The van der Waals surface area contributed by atoms with Gasteiger partial charge in [0.15, 0.2) is 0 Å². The summed E-state index contributed by atoms with van der Waals surface area (Å²) in [5, 5.41) is 10.2. The number of ether oxygens (including phenoxy) is 1. The summed E-state index contributed by atoms with van der Waals surface area (Å²) < 4.78 is 7.59. The fourth-order valence-corrected chi connectivity index (χ4v) is 2.45. The summed E-state index contributed by atoms with van der Waals surface area (Å²) in [6, 6.07) is 15.9. The molecule has 1 N–H and O–H groups in total. The van der Waals surface area contributed by atoms with E-state index in [0.29, 0.717) is 6.54 Å². The Morgan fingerprint density at radius 3 is 2.68 bits per heavy atom. The molecule has 2 aromatic carbocycles. The molecule has 0 saturated carbocycles. The maximum absolute atomic E-state index is 10.2. The van der Waals surface area contributed by atoms with Gasteiger partial charge >= 0.3 is 0 Å². The van der Waals surface area contributed by atoms with Crippen molar-refractivity contribution < 1.29 is 9.84 Å². The number of imidazole rings is 1. The van der Waals surface area contributed by atoms with Crippen LogP contribution < -0.4 is 4.74 Å². The molecule has 0 amide bonds. The van der Waals surface area contributed by atoms with Crippen molar-refractivity contribution in [3.05, 3.63) is 60.4 Å². The van der Waals surface area contributed by atoms with Crippen LogP contribution in [0, 0.1) is 0 Å². The van der Waals surface area contributed by atoms with E-state index in [1.807, 2.05) is 53.1 Å². The van der Waals surface area contributed by atoms with Crippen molar-refractivity contribution in [3.8, 4) is 5.75 Å². The largest absolute Gasteiger partial charge is 0.491 e. The quantitative estimate of drug-likeness (QED) is 0.760. The number of aromatic nitrogens is 2. The molecule has 1 heterocycles. The number of para-hydroxylation sites is 2. The Morgan fingerprint density at radius 1 is 1.14 bits per heavy atom. The Labute approximate surface area is 130 Å². The minimum absolute atomic E-state index is 0.262. The third-order valence-electron chi connectivity index (χ3n) is 3.71. The van der Waals surface area contributed by atoms with Crippen molar-refractivity contribution in [2.75, 3.05) is 6.61 Å². The highest BCUT2D eigenvalue weighted by Crippen LogP contribution is 2.14. The predicted octanol–water partition coefficient (Wildman–Crippen LogP) is 3.04. The molecule has 0 saturated heterocycles. The van der Waals surface area contributed by atoms with Crippen molar-refractivity contribution >= 4 is 11.0 Å². The third-order valence-corrected chi connectivity index (χ3v) is 3.71. The molecule has 0 unspecified atom stereocenters. The summed E-state index contributed by atoms with van der Waals surface area (Å²) in [6.07, 6.45) is 2.18. The lowest BCUT2D eigenvalue weighted by atomic mass is 10.2. The molecule has 0 aliphatic carbocycles. The summed E-state index contributed by atoms with van der Waals surface area (Å²) >= 11 is 0. The molecular weight excluding hydrogens is 276 g/mol. The molecule has 114 valence electrons. The van der Waals surface area contributed by atoms with Crippen molar-refractivity contribution in [1.29, 1.82) is 0 Å². The predicted molar refractivity (Wildman–Crippen MR) is 87.1 cm³/mol. The van der Waals surface area contributed by atoms with E-state index in [0.717, 1.165) is 23.2 Å². The van der Waals surface area contributed by atoms with Gasteiger partial charge in [0.2, 0.25) is 0 Å². The topological polar surface area (TPSA) is 47.3 Å². The van der Waals surface area contributed by atoms with E-state index in [2.05, 4.69) is 11.9 Å².